The van der Waals surface area contributed by atoms with E-state index in [9.17, 15) is 13.2 Å². The molecular formula is C24H25N3O3S2. The van der Waals surface area contributed by atoms with Gasteiger partial charge in [-0.1, -0.05) is 60.3 Å². The standard InChI is InChI=1S/C24H25N3O3S2/c28-23(26-22-11-5-4-10-20(22)16-19-8-2-1-3-9-19)18-31-24-13-12-21(17-25-24)32(29,30)27-14-6-7-15-27/h1-5,8-13,17H,6-7,14-16,18H2,(H,26,28). The highest BCUT2D eigenvalue weighted by Gasteiger charge is 2.27. The van der Waals surface area contributed by atoms with Gasteiger partial charge in [0.25, 0.3) is 0 Å². The number of carbonyl (C=O) groups is 1. The Hall–Kier alpha value is -2.68. The number of hydrogen-bond acceptors (Lipinski definition) is 5. The lowest BCUT2D eigenvalue weighted by atomic mass is 10.0. The second-order valence-corrected chi connectivity index (χ2v) is 10.5. The molecule has 3 aromatic rings. The molecule has 32 heavy (non-hydrogen) atoms. The van der Waals surface area contributed by atoms with Crippen molar-refractivity contribution in [1.29, 1.82) is 0 Å². The van der Waals surface area contributed by atoms with Gasteiger partial charge in [-0.3, -0.25) is 4.79 Å². The Balaban J connectivity index is 1.35. The Morgan fingerprint density at radius 3 is 2.41 bits per heavy atom. The average molecular weight is 468 g/mol. The molecule has 0 saturated carbocycles. The van der Waals surface area contributed by atoms with Crippen LogP contribution in [0.4, 0.5) is 5.69 Å². The van der Waals surface area contributed by atoms with E-state index < -0.39 is 10.0 Å². The van der Waals surface area contributed by atoms with Crippen molar-refractivity contribution >= 4 is 33.4 Å². The number of rotatable bonds is 8. The molecule has 1 fully saturated rings. The van der Waals surface area contributed by atoms with Crippen molar-refractivity contribution in [2.45, 2.75) is 29.2 Å². The fraction of sp³-hybridized carbons (Fsp3) is 0.250. The highest BCUT2D eigenvalue weighted by atomic mass is 32.2. The highest BCUT2D eigenvalue weighted by Crippen LogP contribution is 2.23. The van der Waals surface area contributed by atoms with Crippen molar-refractivity contribution in [3.05, 3.63) is 84.1 Å². The lowest BCUT2D eigenvalue weighted by Gasteiger charge is -2.15. The van der Waals surface area contributed by atoms with Crippen LogP contribution in [0.2, 0.25) is 0 Å². The van der Waals surface area contributed by atoms with Gasteiger partial charge in [0, 0.05) is 25.0 Å². The molecule has 6 nitrogen and oxygen atoms in total. The molecule has 2 aromatic carbocycles. The summed E-state index contributed by atoms with van der Waals surface area (Å²) in [5.74, 6) is 0.0521. The number of pyridine rings is 1. The van der Waals surface area contributed by atoms with E-state index in [0.29, 0.717) is 18.1 Å². The van der Waals surface area contributed by atoms with E-state index >= 15 is 0 Å². The van der Waals surface area contributed by atoms with Crippen LogP contribution in [0.25, 0.3) is 0 Å². The van der Waals surface area contributed by atoms with E-state index in [0.717, 1.165) is 30.5 Å². The summed E-state index contributed by atoms with van der Waals surface area (Å²) in [5, 5.41) is 3.59. The van der Waals surface area contributed by atoms with Crippen molar-refractivity contribution in [3.63, 3.8) is 0 Å². The minimum Gasteiger partial charge on any atom is -0.325 e. The topological polar surface area (TPSA) is 79.4 Å². The maximum Gasteiger partial charge on any atom is 0.244 e. The minimum atomic E-state index is -3.48. The molecule has 8 heteroatoms. The molecule has 1 aliphatic rings. The fourth-order valence-corrected chi connectivity index (χ4v) is 5.73. The molecule has 4 rings (SSSR count). The van der Waals surface area contributed by atoms with E-state index in [-0.39, 0.29) is 16.6 Å². The summed E-state index contributed by atoms with van der Waals surface area (Å²) in [5.41, 5.74) is 3.02. The summed E-state index contributed by atoms with van der Waals surface area (Å²) in [6.45, 7) is 1.12. The van der Waals surface area contributed by atoms with Crippen LogP contribution in [0.3, 0.4) is 0 Å². The Bertz CT molecular complexity index is 1160. The largest absolute Gasteiger partial charge is 0.325 e. The number of aromatic nitrogens is 1. The first-order chi connectivity index (χ1) is 15.5. The molecule has 1 amide bonds. The van der Waals surface area contributed by atoms with Crippen molar-refractivity contribution in [3.8, 4) is 0 Å². The highest BCUT2D eigenvalue weighted by molar-refractivity contribution is 7.99. The molecule has 0 radical (unpaired) electrons. The van der Waals surface area contributed by atoms with E-state index in [1.54, 1.807) is 12.1 Å². The van der Waals surface area contributed by atoms with Crippen molar-refractivity contribution in [2.75, 3.05) is 24.2 Å². The number of nitrogens with one attached hydrogen (secondary N) is 1. The van der Waals surface area contributed by atoms with E-state index in [4.69, 9.17) is 0 Å². The van der Waals surface area contributed by atoms with Crippen LogP contribution in [0.5, 0.6) is 0 Å². The zero-order valence-electron chi connectivity index (χ0n) is 17.6. The van der Waals surface area contributed by atoms with Crippen LogP contribution in [0.1, 0.15) is 24.0 Å². The molecule has 166 valence electrons. The summed E-state index contributed by atoms with van der Waals surface area (Å²) in [6, 6.07) is 21.1. The van der Waals surface area contributed by atoms with Crippen LogP contribution in [-0.4, -0.2) is 42.5 Å². The number of amides is 1. The molecule has 2 heterocycles. The molecule has 0 aliphatic carbocycles. The molecular weight excluding hydrogens is 442 g/mol. The Morgan fingerprint density at radius 1 is 0.969 bits per heavy atom. The van der Waals surface area contributed by atoms with Gasteiger partial charge in [0.15, 0.2) is 0 Å². The first kappa shape index (κ1) is 22.5. The van der Waals surface area contributed by atoms with Crippen LogP contribution in [0.15, 0.2) is 82.8 Å². The maximum atomic E-state index is 12.6. The molecule has 0 unspecified atom stereocenters. The zero-order chi connectivity index (χ0) is 22.4. The molecule has 1 N–H and O–H groups in total. The first-order valence-corrected chi connectivity index (χ1v) is 13.0. The number of benzene rings is 2. The third kappa shape index (κ3) is 5.56. The minimum absolute atomic E-state index is 0.133. The normalized spacial score (nSPS) is 14.4. The molecule has 1 saturated heterocycles. The smallest absolute Gasteiger partial charge is 0.244 e. The molecule has 0 atom stereocenters. The van der Waals surface area contributed by atoms with Gasteiger partial charge in [0.1, 0.15) is 4.90 Å². The van der Waals surface area contributed by atoms with Crippen LogP contribution >= 0.6 is 11.8 Å². The summed E-state index contributed by atoms with van der Waals surface area (Å²) < 4.78 is 26.7. The van der Waals surface area contributed by atoms with Gasteiger partial charge in [-0.2, -0.15) is 4.31 Å². The van der Waals surface area contributed by atoms with Crippen molar-refractivity contribution < 1.29 is 13.2 Å². The Kier molecular flexibility index (Phi) is 7.24. The predicted octanol–water partition coefficient (Wildman–Crippen LogP) is 4.19. The van der Waals surface area contributed by atoms with Gasteiger partial charge in [-0.05, 0) is 48.6 Å². The number of para-hydroxylation sites is 1. The molecule has 0 bridgehead atoms. The number of carbonyl (C=O) groups excluding carboxylic acids is 1. The van der Waals surface area contributed by atoms with Gasteiger partial charge >= 0.3 is 0 Å². The maximum absolute atomic E-state index is 12.6. The van der Waals surface area contributed by atoms with Crippen molar-refractivity contribution in [1.82, 2.24) is 9.29 Å². The summed E-state index contributed by atoms with van der Waals surface area (Å²) >= 11 is 1.28. The number of hydrogen-bond donors (Lipinski definition) is 1. The van der Waals surface area contributed by atoms with Gasteiger partial charge in [-0.15, -0.1) is 0 Å². The van der Waals surface area contributed by atoms with Crippen LogP contribution < -0.4 is 5.32 Å². The molecule has 1 aromatic heterocycles. The number of anilines is 1. The zero-order valence-corrected chi connectivity index (χ0v) is 19.2. The average Bonchev–Trinajstić information content (AvgIpc) is 3.36. The first-order valence-electron chi connectivity index (χ1n) is 10.5. The summed E-state index contributed by atoms with van der Waals surface area (Å²) in [4.78, 5) is 17.0. The predicted molar refractivity (Wildman–Crippen MR) is 127 cm³/mol. The number of sulfonamides is 1. The third-order valence-electron chi connectivity index (χ3n) is 5.29. The molecule has 1 aliphatic heterocycles. The lowest BCUT2D eigenvalue weighted by molar-refractivity contribution is -0.113. The number of thioether (sulfide) groups is 1. The Morgan fingerprint density at radius 2 is 1.69 bits per heavy atom. The van der Waals surface area contributed by atoms with Gasteiger partial charge in [0.2, 0.25) is 15.9 Å². The quantitative estimate of drug-likeness (QED) is 0.503. The van der Waals surface area contributed by atoms with Crippen LogP contribution in [-0.2, 0) is 21.2 Å². The molecule has 0 spiro atoms. The second kappa shape index (κ2) is 10.3. The second-order valence-electron chi connectivity index (χ2n) is 7.60. The van der Waals surface area contributed by atoms with E-state index in [1.165, 1.54) is 27.8 Å². The fourth-order valence-electron chi connectivity index (χ4n) is 3.62. The van der Waals surface area contributed by atoms with E-state index in [2.05, 4.69) is 22.4 Å². The summed E-state index contributed by atoms with van der Waals surface area (Å²) in [6.07, 6.45) is 3.90. The van der Waals surface area contributed by atoms with Gasteiger partial charge < -0.3 is 5.32 Å². The monoisotopic (exact) mass is 467 g/mol. The SMILES string of the molecule is O=C(CSc1ccc(S(=O)(=O)N2CCCC2)cn1)Nc1ccccc1Cc1ccccc1. The number of nitrogens with zero attached hydrogens (tertiary/aromatic N) is 2. The lowest BCUT2D eigenvalue weighted by Crippen LogP contribution is -2.27. The third-order valence-corrected chi connectivity index (χ3v) is 8.12. The van der Waals surface area contributed by atoms with Crippen LogP contribution in [0, 0.1) is 0 Å². The van der Waals surface area contributed by atoms with Crippen molar-refractivity contribution in [2.24, 2.45) is 0 Å². The van der Waals surface area contributed by atoms with Gasteiger partial charge in [-0.25, -0.2) is 13.4 Å². The summed E-state index contributed by atoms with van der Waals surface area (Å²) in [7, 11) is -3.48. The Labute approximate surface area is 193 Å². The van der Waals surface area contributed by atoms with E-state index in [1.807, 2.05) is 42.5 Å². The van der Waals surface area contributed by atoms with Gasteiger partial charge in [0.05, 0.1) is 10.8 Å².